The molecule has 0 saturated heterocycles. The van der Waals surface area contributed by atoms with Gasteiger partial charge in [-0.1, -0.05) is 60.7 Å². The molecule has 6 heteroatoms. The van der Waals surface area contributed by atoms with Gasteiger partial charge in [-0.2, -0.15) is 15.8 Å². The van der Waals surface area contributed by atoms with Gasteiger partial charge in [0.05, 0.1) is 6.61 Å². The van der Waals surface area contributed by atoms with Crippen molar-refractivity contribution in [3.8, 4) is 18.2 Å². The first-order chi connectivity index (χ1) is 16.5. The molecular formula is C28H24N4O2. The number of aliphatic hydroxyl groups is 1. The molecule has 2 heterocycles. The van der Waals surface area contributed by atoms with Crippen molar-refractivity contribution in [2.75, 3.05) is 18.1 Å². The Morgan fingerprint density at radius 1 is 1.06 bits per heavy atom. The van der Waals surface area contributed by atoms with E-state index in [1.54, 1.807) is 38.1 Å². The average Bonchev–Trinajstić information content (AvgIpc) is 3.09. The first-order valence-electron chi connectivity index (χ1n) is 10.7. The fraction of sp³-hybridized carbons (Fsp3) is 0.179. The first kappa shape index (κ1) is 24.1. The number of nitrogens with zero attached hydrogens (tertiary/aromatic N) is 4. The molecular weight excluding hydrogens is 424 g/mol. The molecule has 0 amide bonds. The van der Waals surface area contributed by atoms with Gasteiger partial charge in [-0.05, 0) is 31.6 Å². The number of nitriles is 3. The molecule has 34 heavy (non-hydrogen) atoms. The van der Waals surface area contributed by atoms with E-state index in [2.05, 4.69) is 12.1 Å². The lowest BCUT2D eigenvalue weighted by atomic mass is 9.95. The summed E-state index contributed by atoms with van der Waals surface area (Å²) in [4.78, 5) is 2.02. The summed E-state index contributed by atoms with van der Waals surface area (Å²) in [6.45, 7) is 4.21. The molecule has 2 aliphatic heterocycles. The third-order valence-electron chi connectivity index (χ3n) is 5.35. The van der Waals surface area contributed by atoms with Gasteiger partial charge in [0.1, 0.15) is 29.4 Å². The fourth-order valence-electron chi connectivity index (χ4n) is 3.74. The maximum Gasteiger partial charge on any atom is 0.172 e. The van der Waals surface area contributed by atoms with Crippen LogP contribution in [0.3, 0.4) is 0 Å². The number of allylic oxidation sites excluding steroid dienone is 10. The van der Waals surface area contributed by atoms with E-state index < -0.39 is 5.60 Å². The van der Waals surface area contributed by atoms with E-state index in [0.29, 0.717) is 12.1 Å². The second-order valence-corrected chi connectivity index (χ2v) is 7.94. The number of fused-ring (bicyclic) bond motifs is 1. The Morgan fingerprint density at radius 3 is 2.47 bits per heavy atom. The first-order valence-corrected chi connectivity index (χ1v) is 10.7. The molecule has 168 valence electrons. The predicted octanol–water partition coefficient (Wildman–Crippen LogP) is 4.99. The van der Waals surface area contributed by atoms with Crippen LogP contribution in [0.1, 0.15) is 19.4 Å². The van der Waals surface area contributed by atoms with Crippen molar-refractivity contribution >= 4 is 11.3 Å². The molecule has 0 radical (unpaired) electrons. The second-order valence-electron chi connectivity index (χ2n) is 7.94. The Hall–Kier alpha value is -4.57. The van der Waals surface area contributed by atoms with E-state index in [4.69, 9.17) is 15.3 Å². The van der Waals surface area contributed by atoms with Gasteiger partial charge in [0, 0.05) is 29.6 Å². The zero-order valence-electron chi connectivity index (χ0n) is 19.1. The van der Waals surface area contributed by atoms with Gasteiger partial charge in [0.2, 0.25) is 0 Å². The number of para-hydroxylation sites is 1. The van der Waals surface area contributed by atoms with Crippen molar-refractivity contribution in [1.82, 2.24) is 0 Å². The summed E-state index contributed by atoms with van der Waals surface area (Å²) in [5.41, 5.74) is 3.01. The summed E-state index contributed by atoms with van der Waals surface area (Å²) in [5, 5.41) is 37.1. The number of rotatable bonds is 6. The zero-order chi connectivity index (χ0) is 24.6. The van der Waals surface area contributed by atoms with Crippen LogP contribution in [-0.2, 0) is 4.74 Å². The quantitative estimate of drug-likeness (QED) is 0.485. The minimum atomic E-state index is -0.825. The molecule has 0 atom stereocenters. The lowest BCUT2D eigenvalue weighted by Crippen LogP contribution is -2.23. The molecule has 0 spiro atoms. The van der Waals surface area contributed by atoms with Crippen LogP contribution >= 0.6 is 0 Å². The molecule has 0 aliphatic carbocycles. The minimum Gasteiger partial charge on any atom is -0.480 e. The van der Waals surface area contributed by atoms with Crippen LogP contribution in [0.5, 0.6) is 0 Å². The van der Waals surface area contributed by atoms with Crippen LogP contribution in [0.4, 0.5) is 5.69 Å². The maximum absolute atomic E-state index is 9.56. The van der Waals surface area contributed by atoms with E-state index in [9.17, 15) is 10.4 Å². The molecule has 1 aromatic rings. The highest BCUT2D eigenvalue weighted by Crippen LogP contribution is 2.40. The monoisotopic (exact) mass is 448 g/mol. The van der Waals surface area contributed by atoms with Crippen LogP contribution in [0.15, 0.2) is 102 Å². The van der Waals surface area contributed by atoms with Crippen LogP contribution in [0.2, 0.25) is 0 Å². The van der Waals surface area contributed by atoms with Crippen molar-refractivity contribution in [1.29, 1.82) is 15.8 Å². The number of anilines is 1. The molecule has 0 aromatic heterocycles. The van der Waals surface area contributed by atoms with Crippen molar-refractivity contribution in [3.05, 3.63) is 107 Å². The summed E-state index contributed by atoms with van der Waals surface area (Å²) in [6, 6.07) is 13.7. The average molecular weight is 449 g/mol. The van der Waals surface area contributed by atoms with Crippen molar-refractivity contribution in [2.24, 2.45) is 0 Å². The standard InChI is InChI=1S/C28H24N4O2/c1-28(2)25(24(20-31)27(34-28)22(18-29)19-30)12-7-5-3-4-6-10-21-14-15-32(16-17-33)26-13-9-8-11-23(21)26/h3-15,33H,16-17H2,1-2H3/b5-3+,6-4+,12-7+,21-10-. The maximum atomic E-state index is 9.56. The Labute approximate surface area is 199 Å². The van der Waals surface area contributed by atoms with Crippen LogP contribution in [-0.4, -0.2) is 23.9 Å². The van der Waals surface area contributed by atoms with Crippen molar-refractivity contribution < 1.29 is 9.84 Å². The molecule has 6 nitrogen and oxygen atoms in total. The summed E-state index contributed by atoms with van der Waals surface area (Å²) in [7, 11) is 0. The number of β-amino-alcohol motifs (C(OH)–C–C–N with tert-alkyl or cyclic N) is 1. The number of ether oxygens (including phenoxy) is 1. The van der Waals surface area contributed by atoms with Crippen LogP contribution in [0.25, 0.3) is 5.57 Å². The van der Waals surface area contributed by atoms with Gasteiger partial charge in [-0.15, -0.1) is 0 Å². The normalized spacial score (nSPS) is 17.8. The van der Waals surface area contributed by atoms with E-state index >= 15 is 0 Å². The Kier molecular flexibility index (Phi) is 7.67. The van der Waals surface area contributed by atoms with Gasteiger partial charge in [-0.3, -0.25) is 0 Å². The van der Waals surface area contributed by atoms with Gasteiger partial charge < -0.3 is 14.7 Å². The smallest absolute Gasteiger partial charge is 0.172 e. The number of hydrogen-bond acceptors (Lipinski definition) is 6. The number of benzene rings is 1. The van der Waals surface area contributed by atoms with E-state index in [-0.39, 0.29) is 23.5 Å². The molecule has 2 aliphatic rings. The lowest BCUT2D eigenvalue weighted by molar-refractivity contribution is 0.0954. The van der Waals surface area contributed by atoms with E-state index in [1.807, 2.05) is 65.8 Å². The Bertz CT molecular complexity index is 1280. The van der Waals surface area contributed by atoms with Crippen molar-refractivity contribution in [2.45, 2.75) is 19.4 Å². The van der Waals surface area contributed by atoms with Crippen LogP contribution in [0, 0.1) is 34.0 Å². The number of aliphatic hydroxyl groups excluding tert-OH is 1. The highest BCUT2D eigenvalue weighted by atomic mass is 16.5. The third kappa shape index (κ3) is 5.08. The molecule has 0 fully saturated rings. The van der Waals surface area contributed by atoms with Crippen molar-refractivity contribution in [3.63, 3.8) is 0 Å². The molecule has 0 saturated carbocycles. The SMILES string of the molecule is CC1(C)OC(=C(C#N)C#N)C(C#N)=C1/C=C/C=C/C=C/C=C1/C=CN(CCO)c2ccccc21. The van der Waals surface area contributed by atoms with E-state index in [0.717, 1.165) is 16.8 Å². The third-order valence-corrected chi connectivity index (χ3v) is 5.35. The fourth-order valence-corrected chi connectivity index (χ4v) is 3.74. The summed E-state index contributed by atoms with van der Waals surface area (Å²) < 4.78 is 5.74. The number of hydrogen-bond donors (Lipinski definition) is 1. The molecule has 0 unspecified atom stereocenters. The Morgan fingerprint density at radius 2 is 1.76 bits per heavy atom. The van der Waals surface area contributed by atoms with E-state index in [1.165, 1.54) is 0 Å². The summed E-state index contributed by atoms with van der Waals surface area (Å²) >= 11 is 0. The lowest BCUT2D eigenvalue weighted by Gasteiger charge is -2.26. The highest BCUT2D eigenvalue weighted by molar-refractivity contribution is 5.86. The molecule has 1 aromatic carbocycles. The molecule has 3 rings (SSSR count). The Balaban J connectivity index is 1.75. The second kappa shape index (κ2) is 10.8. The van der Waals surface area contributed by atoms with Gasteiger partial charge in [0.25, 0.3) is 0 Å². The molecule has 1 N–H and O–H groups in total. The van der Waals surface area contributed by atoms with Gasteiger partial charge >= 0.3 is 0 Å². The largest absolute Gasteiger partial charge is 0.480 e. The topological polar surface area (TPSA) is 104 Å². The van der Waals surface area contributed by atoms with Gasteiger partial charge in [0.15, 0.2) is 11.3 Å². The summed E-state index contributed by atoms with van der Waals surface area (Å²) in [5.74, 6) is 0.0334. The van der Waals surface area contributed by atoms with Crippen LogP contribution < -0.4 is 4.90 Å². The predicted molar refractivity (Wildman–Crippen MR) is 131 cm³/mol. The summed E-state index contributed by atoms with van der Waals surface area (Å²) in [6.07, 6.45) is 17.1. The highest BCUT2D eigenvalue weighted by Gasteiger charge is 2.38. The van der Waals surface area contributed by atoms with Gasteiger partial charge in [-0.25, -0.2) is 0 Å². The molecule has 0 bridgehead atoms. The zero-order valence-corrected chi connectivity index (χ0v) is 19.1. The minimum absolute atomic E-state index is 0.0334.